The normalized spacial score (nSPS) is 12.1. The molecule has 0 aliphatic heterocycles. The Hall–Kier alpha value is -3.25. The zero-order chi connectivity index (χ0) is 24.4. The maximum absolute atomic E-state index is 13.1. The Morgan fingerprint density at radius 1 is 1.03 bits per heavy atom. The summed E-state index contributed by atoms with van der Waals surface area (Å²) in [6.07, 6.45) is -9.17. The van der Waals surface area contributed by atoms with E-state index in [4.69, 9.17) is 5.73 Å². The van der Waals surface area contributed by atoms with Crippen LogP contribution in [-0.4, -0.2) is 22.0 Å². The Balaban J connectivity index is 2.69. The molecule has 32 heavy (non-hydrogen) atoms. The van der Waals surface area contributed by atoms with Crippen molar-refractivity contribution in [3.05, 3.63) is 55.7 Å². The van der Waals surface area contributed by atoms with Gasteiger partial charge in [0.2, 0.25) is 0 Å². The van der Waals surface area contributed by atoms with Gasteiger partial charge >= 0.3 is 18.0 Å². The molecule has 7 nitrogen and oxygen atoms in total. The van der Waals surface area contributed by atoms with Crippen LogP contribution in [0.2, 0.25) is 0 Å². The highest BCUT2D eigenvalue weighted by molar-refractivity contribution is 6.07. The second-order valence-corrected chi connectivity index (χ2v) is 6.84. The van der Waals surface area contributed by atoms with Gasteiger partial charge < -0.3 is 10.6 Å². The molecule has 0 fully saturated rings. The number of carbonyl (C=O) groups is 1. The zero-order valence-electron chi connectivity index (χ0n) is 17.0. The van der Waals surface area contributed by atoms with Gasteiger partial charge in [0.25, 0.3) is 11.5 Å². The fraction of sp³-hybridized carbons (Fsp3) is 0.421. The molecular formula is C19H20F6N4O3. The lowest BCUT2D eigenvalue weighted by Gasteiger charge is -2.24. The lowest BCUT2D eigenvalue weighted by molar-refractivity contribution is -0.143. The number of carbonyl (C=O) groups excluding carboxylic acids is 1. The molecule has 176 valence electrons. The van der Waals surface area contributed by atoms with E-state index in [0.29, 0.717) is 17.7 Å². The number of alkyl halides is 6. The van der Waals surface area contributed by atoms with Gasteiger partial charge in [0, 0.05) is 18.7 Å². The van der Waals surface area contributed by atoms with Crippen LogP contribution in [0.15, 0.2) is 27.8 Å². The average molecular weight is 466 g/mol. The number of aromatic nitrogens is 2. The van der Waals surface area contributed by atoms with Crippen LogP contribution in [0.3, 0.4) is 0 Å². The molecule has 0 atom stereocenters. The highest BCUT2D eigenvalue weighted by Gasteiger charge is 2.38. The van der Waals surface area contributed by atoms with Crippen molar-refractivity contribution in [3.8, 4) is 0 Å². The molecule has 0 saturated carbocycles. The SMILES string of the molecule is CCCCn1c(N)c(N(CC)C(=O)c2cc(C(F)(F)F)cc(C(F)(F)F)c2)c(=O)[nH]c1=O. The monoisotopic (exact) mass is 466 g/mol. The van der Waals surface area contributed by atoms with Gasteiger partial charge in [-0.2, -0.15) is 26.3 Å². The molecular weight excluding hydrogens is 446 g/mol. The first-order valence-electron chi connectivity index (χ1n) is 9.46. The molecule has 2 aromatic rings. The van der Waals surface area contributed by atoms with Crippen LogP contribution < -0.4 is 21.9 Å². The maximum Gasteiger partial charge on any atom is 0.416 e. The van der Waals surface area contributed by atoms with Gasteiger partial charge in [0.15, 0.2) is 5.69 Å². The van der Waals surface area contributed by atoms with Crippen molar-refractivity contribution in [1.82, 2.24) is 9.55 Å². The topological polar surface area (TPSA) is 101 Å². The molecule has 0 bridgehead atoms. The molecule has 0 aliphatic rings. The van der Waals surface area contributed by atoms with Gasteiger partial charge in [-0.1, -0.05) is 13.3 Å². The van der Waals surface area contributed by atoms with E-state index in [0.717, 1.165) is 4.57 Å². The average Bonchev–Trinajstić information content (AvgIpc) is 2.68. The van der Waals surface area contributed by atoms with Crippen LogP contribution in [0.1, 0.15) is 48.2 Å². The number of rotatable bonds is 6. The number of hydrogen-bond donors (Lipinski definition) is 2. The van der Waals surface area contributed by atoms with Gasteiger partial charge in [-0.15, -0.1) is 0 Å². The largest absolute Gasteiger partial charge is 0.416 e. The third-order valence-corrected chi connectivity index (χ3v) is 4.62. The van der Waals surface area contributed by atoms with E-state index < -0.39 is 57.7 Å². The van der Waals surface area contributed by atoms with E-state index in [9.17, 15) is 40.7 Å². The van der Waals surface area contributed by atoms with Crippen molar-refractivity contribution in [2.45, 2.75) is 45.6 Å². The fourth-order valence-corrected chi connectivity index (χ4v) is 3.01. The summed E-state index contributed by atoms with van der Waals surface area (Å²) in [4.78, 5) is 40.0. The van der Waals surface area contributed by atoms with Crippen molar-refractivity contribution in [3.63, 3.8) is 0 Å². The molecule has 0 spiro atoms. The van der Waals surface area contributed by atoms with E-state index in [1.54, 1.807) is 0 Å². The number of hydrogen-bond acceptors (Lipinski definition) is 4. The molecule has 1 aromatic carbocycles. The van der Waals surface area contributed by atoms with Crippen molar-refractivity contribution in [2.75, 3.05) is 17.2 Å². The molecule has 3 N–H and O–H groups in total. The minimum absolute atomic E-state index is 0.0818. The second kappa shape index (κ2) is 9.09. The number of nitrogens with zero attached hydrogens (tertiary/aromatic N) is 2. The molecule has 0 aliphatic carbocycles. The lowest BCUT2D eigenvalue weighted by Crippen LogP contribution is -2.41. The summed E-state index contributed by atoms with van der Waals surface area (Å²) in [7, 11) is 0. The van der Waals surface area contributed by atoms with E-state index in [-0.39, 0.29) is 31.3 Å². The fourth-order valence-electron chi connectivity index (χ4n) is 3.01. The van der Waals surface area contributed by atoms with E-state index in [2.05, 4.69) is 0 Å². The number of benzene rings is 1. The molecule has 0 saturated heterocycles. The number of H-pyrrole nitrogens is 1. The third-order valence-electron chi connectivity index (χ3n) is 4.62. The minimum Gasteiger partial charge on any atom is -0.383 e. The number of aromatic amines is 1. The first-order chi connectivity index (χ1) is 14.7. The van der Waals surface area contributed by atoms with Crippen molar-refractivity contribution in [2.24, 2.45) is 0 Å². The van der Waals surface area contributed by atoms with Crippen LogP contribution >= 0.6 is 0 Å². The summed E-state index contributed by atoms with van der Waals surface area (Å²) in [6.45, 7) is 2.92. The summed E-state index contributed by atoms with van der Waals surface area (Å²) in [6, 6.07) is 0.411. The number of unbranched alkanes of at least 4 members (excludes halogenated alkanes) is 1. The minimum atomic E-state index is -5.16. The van der Waals surface area contributed by atoms with Crippen molar-refractivity contribution < 1.29 is 31.1 Å². The van der Waals surface area contributed by atoms with E-state index in [1.807, 2.05) is 11.9 Å². The zero-order valence-corrected chi connectivity index (χ0v) is 17.0. The van der Waals surface area contributed by atoms with Crippen LogP contribution in [0.25, 0.3) is 0 Å². The highest BCUT2D eigenvalue weighted by Crippen LogP contribution is 2.36. The predicted molar refractivity (Wildman–Crippen MR) is 104 cm³/mol. The smallest absolute Gasteiger partial charge is 0.383 e. The molecule has 1 amide bonds. The Bertz CT molecular complexity index is 1090. The number of nitrogen functional groups attached to an aromatic ring is 1. The summed E-state index contributed by atoms with van der Waals surface area (Å²) in [5.74, 6) is -1.74. The third kappa shape index (κ3) is 5.14. The molecule has 1 aromatic heterocycles. The van der Waals surface area contributed by atoms with Crippen LogP contribution in [0.4, 0.5) is 37.8 Å². The van der Waals surface area contributed by atoms with Gasteiger partial charge in [-0.25, -0.2) is 4.79 Å². The molecule has 2 rings (SSSR count). The second-order valence-electron chi connectivity index (χ2n) is 6.84. The number of anilines is 2. The Morgan fingerprint density at radius 3 is 2.00 bits per heavy atom. The van der Waals surface area contributed by atoms with Gasteiger partial charge in [0.05, 0.1) is 11.1 Å². The summed E-state index contributed by atoms with van der Waals surface area (Å²) in [5, 5.41) is 0. The molecule has 0 radical (unpaired) electrons. The number of nitrogens with one attached hydrogen (secondary N) is 1. The van der Waals surface area contributed by atoms with E-state index >= 15 is 0 Å². The van der Waals surface area contributed by atoms with E-state index in [1.165, 1.54) is 6.92 Å². The maximum atomic E-state index is 13.1. The quantitative estimate of drug-likeness (QED) is 0.635. The van der Waals surface area contributed by atoms with Crippen LogP contribution in [0.5, 0.6) is 0 Å². The van der Waals surface area contributed by atoms with Crippen molar-refractivity contribution >= 4 is 17.4 Å². The molecule has 0 unspecified atom stereocenters. The first-order valence-corrected chi connectivity index (χ1v) is 9.46. The Morgan fingerprint density at radius 2 is 1.56 bits per heavy atom. The van der Waals surface area contributed by atoms with Crippen LogP contribution in [-0.2, 0) is 18.9 Å². The van der Waals surface area contributed by atoms with Gasteiger partial charge in [-0.05, 0) is 31.5 Å². The summed E-state index contributed by atoms with van der Waals surface area (Å²) >= 11 is 0. The lowest BCUT2D eigenvalue weighted by atomic mass is 10.0. The molecule has 1 heterocycles. The Labute approximate surface area is 177 Å². The van der Waals surface area contributed by atoms with Crippen LogP contribution in [0, 0.1) is 0 Å². The highest BCUT2D eigenvalue weighted by atomic mass is 19.4. The van der Waals surface area contributed by atoms with Crippen molar-refractivity contribution in [1.29, 1.82) is 0 Å². The predicted octanol–water partition coefficient (Wildman–Crippen LogP) is 3.62. The Kier molecular flexibility index (Phi) is 7.10. The van der Waals surface area contributed by atoms with Gasteiger partial charge in [-0.3, -0.25) is 19.1 Å². The number of nitrogens with two attached hydrogens (primary N) is 1. The number of amides is 1. The first kappa shape index (κ1) is 25.0. The molecule has 13 heteroatoms. The van der Waals surface area contributed by atoms with Gasteiger partial charge in [0.1, 0.15) is 5.82 Å². The summed E-state index contributed by atoms with van der Waals surface area (Å²) in [5.41, 5.74) is -0.894. The summed E-state index contributed by atoms with van der Waals surface area (Å²) < 4.78 is 79.8. The number of halogens is 6. The standard InChI is InChI=1S/C19H20F6N4O3/c1-3-5-6-29-14(26)13(15(30)27-17(29)32)28(4-2)16(31)10-7-11(18(20,21)22)9-12(8-10)19(23,24)25/h7-9H,3-6,26H2,1-2H3,(H,27,30,32).